The average Bonchev–Trinajstić information content (AvgIpc) is 3.94. The number of nitrogens with one attached hydrogen (secondary N) is 6. The van der Waals surface area contributed by atoms with Crippen LogP contribution in [0.4, 0.5) is 0 Å². The van der Waals surface area contributed by atoms with Gasteiger partial charge in [0.2, 0.25) is 29.5 Å². The number of rotatable bonds is 23. The molecule has 2 saturated heterocycles. The molecule has 338 valence electrons. The molecule has 2 fully saturated rings. The molecule has 1 aromatic heterocycles. The van der Waals surface area contributed by atoms with Crippen LogP contribution in [-0.2, 0) is 44.7 Å². The van der Waals surface area contributed by atoms with Crippen molar-refractivity contribution in [2.75, 3.05) is 19.8 Å². The molecule has 1 unspecified atom stereocenters. The zero-order valence-electron chi connectivity index (χ0n) is 34.2. The van der Waals surface area contributed by atoms with Crippen molar-refractivity contribution in [2.24, 2.45) is 11.8 Å². The normalized spacial score (nSPS) is 24.6. The predicted octanol–water partition coefficient (Wildman–Crippen LogP) is -4.33. The number of carboxylic acid groups (broad SMARTS) is 2. The maximum Gasteiger partial charge on any atom is 0.326 e. The molecule has 2 aliphatic rings. The first-order valence-electron chi connectivity index (χ1n) is 19.8. The Hall–Kier alpha value is -4.78. The molecule has 3 heterocycles. The molecular weight excluding hydrogens is 796 g/mol. The molecule has 3 rings (SSSR count). The Morgan fingerprint density at radius 3 is 2.08 bits per heavy atom. The summed E-state index contributed by atoms with van der Waals surface area (Å²) in [7, 11) is 0. The van der Waals surface area contributed by atoms with Gasteiger partial charge in [0, 0.05) is 31.3 Å². The van der Waals surface area contributed by atoms with Gasteiger partial charge in [-0.3, -0.25) is 34.1 Å². The smallest absolute Gasteiger partial charge is 0.326 e. The molecule has 5 amide bonds. The first kappa shape index (κ1) is 49.6. The quantitative estimate of drug-likeness (QED) is 0.0495. The van der Waals surface area contributed by atoms with Gasteiger partial charge in [-0.05, 0) is 44.4 Å². The number of nitrogens with zero attached hydrogens (tertiary/aromatic N) is 2. The number of carbonyl (C=O) groups excluding carboxylic acids is 5. The fourth-order valence-corrected chi connectivity index (χ4v) is 7.11. The van der Waals surface area contributed by atoms with Gasteiger partial charge in [-0.15, -0.1) is 0 Å². The number of aromatic amines is 1. The van der Waals surface area contributed by atoms with Crippen LogP contribution < -0.4 is 26.6 Å². The van der Waals surface area contributed by atoms with E-state index in [1.165, 1.54) is 19.4 Å². The van der Waals surface area contributed by atoms with Crippen LogP contribution in [-0.4, -0.2) is 178 Å². The van der Waals surface area contributed by atoms with Crippen molar-refractivity contribution in [2.45, 2.75) is 140 Å². The molecule has 23 nitrogen and oxygen atoms in total. The third kappa shape index (κ3) is 12.9. The number of imidazole rings is 1. The molecule has 0 saturated carbocycles. The van der Waals surface area contributed by atoms with Gasteiger partial charge in [0.1, 0.15) is 48.5 Å². The maximum atomic E-state index is 14.1. The second kappa shape index (κ2) is 22.2. The SMILES string of the molecule is CC(C)C[C@H](NC(=O)[C@H](Cc1cnc[nH]1)NC(=O)[C@@H](NC1(CO)O[C@H](CO)[C@@H](O)[C@@H]1O)C(C)C)C(=O)N[C@H](C(=O)N1CCC[C@H]1C(=O)N[C@@H](CCC(=O)O)C(=O)O)[C@@H](C)O. The van der Waals surface area contributed by atoms with Crippen molar-refractivity contribution in [3.8, 4) is 0 Å². The molecule has 0 aliphatic carbocycles. The van der Waals surface area contributed by atoms with E-state index in [4.69, 9.17) is 9.84 Å². The van der Waals surface area contributed by atoms with Crippen LogP contribution in [0, 0.1) is 11.8 Å². The number of aliphatic hydroxyl groups excluding tert-OH is 5. The lowest BCUT2D eigenvalue weighted by Crippen LogP contribution is -2.66. The summed E-state index contributed by atoms with van der Waals surface area (Å²) in [4.78, 5) is 99.6. The minimum absolute atomic E-state index is 0.0172. The van der Waals surface area contributed by atoms with E-state index in [9.17, 15) is 64.2 Å². The Kier molecular flexibility index (Phi) is 18.3. The van der Waals surface area contributed by atoms with Gasteiger partial charge in [-0.25, -0.2) is 9.78 Å². The van der Waals surface area contributed by atoms with Crippen LogP contribution in [0.15, 0.2) is 12.5 Å². The zero-order valence-corrected chi connectivity index (χ0v) is 34.2. The summed E-state index contributed by atoms with van der Waals surface area (Å²) in [6.45, 7) is 6.40. The second-order valence-corrected chi connectivity index (χ2v) is 16.0. The largest absolute Gasteiger partial charge is 0.481 e. The van der Waals surface area contributed by atoms with Gasteiger partial charge in [-0.2, -0.15) is 0 Å². The summed E-state index contributed by atoms with van der Waals surface area (Å²) in [5.74, 6) is -7.80. The van der Waals surface area contributed by atoms with Crippen molar-refractivity contribution in [1.82, 2.24) is 41.5 Å². The van der Waals surface area contributed by atoms with E-state index >= 15 is 0 Å². The highest BCUT2D eigenvalue weighted by Crippen LogP contribution is 2.30. The number of amides is 5. The van der Waals surface area contributed by atoms with Crippen LogP contribution in [0.3, 0.4) is 0 Å². The Bertz CT molecular complexity index is 1650. The van der Waals surface area contributed by atoms with Gasteiger partial charge in [0.05, 0.1) is 31.7 Å². The van der Waals surface area contributed by atoms with Gasteiger partial charge in [-0.1, -0.05) is 27.7 Å². The lowest BCUT2D eigenvalue weighted by atomic mass is 9.97. The van der Waals surface area contributed by atoms with Gasteiger partial charge in [0.25, 0.3) is 0 Å². The topological polar surface area (TPSA) is 362 Å². The summed E-state index contributed by atoms with van der Waals surface area (Å²) in [5.41, 5.74) is -1.66. The molecule has 60 heavy (non-hydrogen) atoms. The maximum absolute atomic E-state index is 14.1. The minimum atomic E-state index is -2.07. The van der Waals surface area contributed by atoms with Crippen LogP contribution in [0.2, 0.25) is 0 Å². The van der Waals surface area contributed by atoms with Gasteiger partial charge in [0.15, 0.2) is 5.72 Å². The molecule has 13 N–H and O–H groups in total. The van der Waals surface area contributed by atoms with E-state index in [0.717, 1.165) is 4.90 Å². The molecule has 11 atom stereocenters. The predicted molar refractivity (Wildman–Crippen MR) is 206 cm³/mol. The molecule has 1 aromatic rings. The third-order valence-electron chi connectivity index (χ3n) is 10.4. The van der Waals surface area contributed by atoms with E-state index in [-0.39, 0.29) is 31.7 Å². The van der Waals surface area contributed by atoms with Gasteiger partial charge < -0.3 is 71.6 Å². The minimum Gasteiger partial charge on any atom is -0.481 e. The third-order valence-corrected chi connectivity index (χ3v) is 10.4. The molecule has 0 radical (unpaired) electrons. The average molecular weight is 857 g/mol. The number of aliphatic hydroxyl groups is 5. The summed E-state index contributed by atoms with van der Waals surface area (Å²) >= 11 is 0. The van der Waals surface area contributed by atoms with E-state index in [1.807, 2.05) is 0 Å². The number of carboxylic acids is 2. The Morgan fingerprint density at radius 2 is 1.57 bits per heavy atom. The lowest BCUT2D eigenvalue weighted by Gasteiger charge is -2.36. The number of ether oxygens (including phenoxy) is 1. The Labute approximate surface area is 346 Å². The summed E-state index contributed by atoms with van der Waals surface area (Å²) in [6, 6.07) is -8.37. The highest BCUT2D eigenvalue weighted by atomic mass is 16.6. The summed E-state index contributed by atoms with van der Waals surface area (Å²) < 4.78 is 5.58. The van der Waals surface area contributed by atoms with E-state index in [1.54, 1.807) is 27.7 Å². The fraction of sp³-hybridized carbons (Fsp3) is 0.730. The van der Waals surface area contributed by atoms with Gasteiger partial charge >= 0.3 is 11.9 Å². The van der Waals surface area contributed by atoms with Crippen LogP contribution >= 0.6 is 0 Å². The summed E-state index contributed by atoms with van der Waals surface area (Å²) in [6.07, 6.45) is -4.08. The number of aromatic nitrogens is 2. The van der Waals surface area contributed by atoms with E-state index in [0.29, 0.717) is 12.1 Å². The summed E-state index contributed by atoms with van der Waals surface area (Å²) in [5, 5.41) is 83.0. The molecule has 0 bridgehead atoms. The lowest BCUT2D eigenvalue weighted by molar-refractivity contribution is -0.153. The van der Waals surface area contributed by atoms with Crippen molar-refractivity contribution in [1.29, 1.82) is 0 Å². The standard InChI is InChI=1S/C37H60N8O15/c1-17(2)11-22(32(54)43-28(19(5)48)35(57)45-10-6-7-24(45)33(55)40-21(36(58)59)8-9-26(49)50)41-31(53)23(12-20-13-38-16-39-20)42-34(56)27(18(3)4)44-37(15-47)30(52)29(51)25(14-46)60-37/h13,16-19,21-25,27-30,44,46-48,51-52H,6-12,14-15H2,1-5H3,(H,38,39)(H,40,55)(H,41,53)(H,42,56)(H,43,54)(H,49,50)(H,58,59)/t19-,21+,22+,23+,24+,25-,27+,28+,29-,30+,37?/m1/s1. The number of H-pyrrole nitrogens is 1. The molecule has 2 aliphatic heterocycles. The molecular formula is C37H60N8O15. The number of hydrogen-bond acceptors (Lipinski definition) is 15. The number of hydrogen-bond donors (Lipinski definition) is 13. The number of aliphatic carboxylic acids is 2. The van der Waals surface area contributed by atoms with Crippen molar-refractivity contribution in [3.63, 3.8) is 0 Å². The fourth-order valence-electron chi connectivity index (χ4n) is 7.11. The highest BCUT2D eigenvalue weighted by molar-refractivity contribution is 5.97. The van der Waals surface area contributed by atoms with E-state index < -0.39 is 140 Å². The van der Waals surface area contributed by atoms with Crippen molar-refractivity contribution < 1.29 is 74.0 Å². The Morgan fingerprint density at radius 1 is 0.917 bits per heavy atom. The monoisotopic (exact) mass is 856 g/mol. The first-order valence-corrected chi connectivity index (χ1v) is 19.8. The van der Waals surface area contributed by atoms with Crippen LogP contribution in [0.5, 0.6) is 0 Å². The van der Waals surface area contributed by atoms with Crippen molar-refractivity contribution >= 4 is 41.5 Å². The van der Waals surface area contributed by atoms with E-state index in [2.05, 4.69) is 36.6 Å². The molecule has 0 spiro atoms. The number of carbonyl (C=O) groups is 7. The zero-order chi connectivity index (χ0) is 45.1. The van der Waals surface area contributed by atoms with Crippen molar-refractivity contribution in [3.05, 3.63) is 18.2 Å². The van der Waals surface area contributed by atoms with Crippen LogP contribution in [0.25, 0.3) is 0 Å². The number of likely N-dealkylation sites (tertiary alicyclic amines) is 1. The molecule has 0 aromatic carbocycles. The highest BCUT2D eigenvalue weighted by Gasteiger charge is 2.55. The first-order chi connectivity index (χ1) is 28.2. The Balaban J connectivity index is 1.83. The molecule has 23 heteroatoms. The van der Waals surface area contributed by atoms with Crippen LogP contribution in [0.1, 0.15) is 72.4 Å². The second-order valence-electron chi connectivity index (χ2n) is 16.0.